The summed E-state index contributed by atoms with van der Waals surface area (Å²) in [5.74, 6) is -0.830. The first-order chi connectivity index (χ1) is 5.09. The van der Waals surface area contributed by atoms with E-state index in [-0.39, 0.29) is 11.8 Å². The number of thiocarbonyl (C=S) groups is 1. The van der Waals surface area contributed by atoms with Crippen LogP contribution in [0.25, 0.3) is 0 Å². The molecule has 1 N–H and O–H groups in total. The topological polar surface area (TPSA) is 37.3 Å². The molecule has 0 amide bonds. The maximum atomic E-state index is 10.5. The Morgan fingerprint density at radius 3 is 2.55 bits per heavy atom. The van der Waals surface area contributed by atoms with E-state index in [4.69, 9.17) is 5.11 Å². The van der Waals surface area contributed by atoms with Crippen LogP contribution in [0.3, 0.4) is 0 Å². The molecule has 0 aliphatic carbocycles. The van der Waals surface area contributed by atoms with Gasteiger partial charge in [0.2, 0.25) is 0 Å². The average molecular weight is 173 g/mol. The van der Waals surface area contributed by atoms with E-state index >= 15 is 0 Å². The van der Waals surface area contributed by atoms with Crippen molar-refractivity contribution in [2.24, 2.45) is 11.8 Å². The predicted octanol–water partition coefficient (Wildman–Crippen LogP) is 2.00. The summed E-state index contributed by atoms with van der Waals surface area (Å²) in [7, 11) is 0. The lowest BCUT2D eigenvalue weighted by Gasteiger charge is -2.13. The van der Waals surface area contributed by atoms with Gasteiger partial charge in [-0.1, -0.05) is 26.1 Å². The standard InChI is InChI=1S/C8H13O2S/c1-6(4-3-5-11)7(2)8(9)10/h6-7H,3-4H2,1-2H3,(H,9,10). The van der Waals surface area contributed by atoms with E-state index in [1.54, 1.807) is 6.92 Å². The van der Waals surface area contributed by atoms with Gasteiger partial charge >= 0.3 is 5.97 Å². The summed E-state index contributed by atoms with van der Waals surface area (Å²) in [4.78, 5) is 10.5. The molecule has 2 unspecified atom stereocenters. The Morgan fingerprint density at radius 2 is 2.18 bits per heavy atom. The summed E-state index contributed by atoms with van der Waals surface area (Å²) in [6.45, 7) is 3.64. The summed E-state index contributed by atoms with van der Waals surface area (Å²) < 4.78 is 0. The maximum absolute atomic E-state index is 10.5. The molecule has 2 nitrogen and oxygen atoms in total. The summed E-state index contributed by atoms with van der Waals surface area (Å²) in [5, 5.41) is 11.2. The fourth-order valence-corrected chi connectivity index (χ4v) is 0.898. The molecule has 0 aliphatic rings. The SMILES string of the molecule is CC(CC[C]=S)C(C)C(=O)O. The number of carboxylic acids is 1. The Labute approximate surface area is 72.6 Å². The van der Waals surface area contributed by atoms with Gasteiger partial charge in [0.25, 0.3) is 0 Å². The minimum atomic E-state index is -0.734. The molecule has 0 bridgehead atoms. The molecule has 1 radical (unpaired) electrons. The van der Waals surface area contributed by atoms with E-state index in [1.165, 1.54) is 0 Å². The summed E-state index contributed by atoms with van der Waals surface area (Å²) in [6, 6.07) is 0. The molecule has 0 aromatic carbocycles. The minimum Gasteiger partial charge on any atom is -0.481 e. The van der Waals surface area contributed by atoms with Crippen molar-refractivity contribution in [2.45, 2.75) is 26.7 Å². The molecule has 63 valence electrons. The lowest BCUT2D eigenvalue weighted by Crippen LogP contribution is -2.18. The van der Waals surface area contributed by atoms with Crippen LogP contribution in [0.15, 0.2) is 0 Å². The number of aliphatic carboxylic acids is 1. The Kier molecular flexibility index (Phi) is 5.03. The summed E-state index contributed by atoms with van der Waals surface area (Å²) in [5.41, 5.74) is 0. The average Bonchev–Trinajstić information content (AvgIpc) is 1.98. The van der Waals surface area contributed by atoms with Crippen molar-refractivity contribution >= 4 is 23.6 Å². The van der Waals surface area contributed by atoms with Crippen LogP contribution >= 0.6 is 12.2 Å². The van der Waals surface area contributed by atoms with Crippen LogP contribution in [0.2, 0.25) is 0 Å². The van der Waals surface area contributed by atoms with Crippen LogP contribution in [0.4, 0.5) is 0 Å². The van der Waals surface area contributed by atoms with Crippen molar-refractivity contribution in [3.8, 4) is 0 Å². The first-order valence-corrected chi connectivity index (χ1v) is 4.08. The third-order valence-corrected chi connectivity index (χ3v) is 2.15. The van der Waals surface area contributed by atoms with E-state index in [2.05, 4.69) is 17.6 Å². The number of carbonyl (C=O) groups is 1. The number of hydrogen-bond acceptors (Lipinski definition) is 2. The Bertz CT molecular complexity index is 145. The zero-order valence-corrected chi connectivity index (χ0v) is 7.65. The molecule has 0 aromatic heterocycles. The van der Waals surface area contributed by atoms with E-state index in [0.717, 1.165) is 6.42 Å². The summed E-state index contributed by atoms with van der Waals surface area (Å²) >= 11 is 4.53. The largest absolute Gasteiger partial charge is 0.481 e. The van der Waals surface area contributed by atoms with Crippen LogP contribution in [0, 0.1) is 11.8 Å². The Hall–Kier alpha value is -0.440. The van der Waals surface area contributed by atoms with Gasteiger partial charge in [0.05, 0.1) is 5.92 Å². The molecule has 0 aromatic rings. The number of hydrogen-bond donors (Lipinski definition) is 1. The highest BCUT2D eigenvalue weighted by Crippen LogP contribution is 2.16. The third-order valence-electron chi connectivity index (χ3n) is 1.94. The lowest BCUT2D eigenvalue weighted by atomic mass is 9.92. The minimum absolute atomic E-state index is 0.183. The maximum Gasteiger partial charge on any atom is 0.306 e. The van der Waals surface area contributed by atoms with Gasteiger partial charge in [0.1, 0.15) is 0 Å². The normalized spacial score (nSPS) is 15.5. The first kappa shape index (κ1) is 10.6. The van der Waals surface area contributed by atoms with Gasteiger partial charge in [0, 0.05) is 5.37 Å². The van der Waals surface area contributed by atoms with Crippen LogP contribution in [0.1, 0.15) is 26.7 Å². The smallest absolute Gasteiger partial charge is 0.306 e. The van der Waals surface area contributed by atoms with Gasteiger partial charge in [-0.2, -0.15) is 0 Å². The molecular weight excluding hydrogens is 160 g/mol. The van der Waals surface area contributed by atoms with Gasteiger partial charge in [0.15, 0.2) is 0 Å². The van der Waals surface area contributed by atoms with Crippen molar-refractivity contribution in [1.82, 2.24) is 0 Å². The molecule has 3 heteroatoms. The predicted molar refractivity (Wildman–Crippen MR) is 47.8 cm³/mol. The lowest BCUT2D eigenvalue weighted by molar-refractivity contribution is -0.142. The zero-order chi connectivity index (χ0) is 8.85. The highest BCUT2D eigenvalue weighted by molar-refractivity contribution is 7.78. The quantitative estimate of drug-likeness (QED) is 0.646. The van der Waals surface area contributed by atoms with E-state index in [9.17, 15) is 4.79 Å². The van der Waals surface area contributed by atoms with Crippen molar-refractivity contribution in [2.75, 3.05) is 0 Å². The van der Waals surface area contributed by atoms with Gasteiger partial charge in [-0.15, -0.1) is 0 Å². The fraction of sp³-hybridized carbons (Fsp3) is 0.750. The summed E-state index contributed by atoms with van der Waals surface area (Å²) in [6.07, 6.45) is 1.52. The molecule has 0 rings (SSSR count). The number of carboxylic acid groups (broad SMARTS) is 1. The molecule has 0 spiro atoms. The highest BCUT2D eigenvalue weighted by Gasteiger charge is 2.17. The number of rotatable bonds is 5. The Morgan fingerprint density at radius 1 is 1.64 bits per heavy atom. The second-order valence-electron chi connectivity index (χ2n) is 2.79. The molecule has 0 aliphatic heterocycles. The van der Waals surface area contributed by atoms with Crippen LogP contribution in [0.5, 0.6) is 0 Å². The van der Waals surface area contributed by atoms with Crippen molar-refractivity contribution in [3.05, 3.63) is 0 Å². The van der Waals surface area contributed by atoms with Crippen LogP contribution < -0.4 is 0 Å². The highest BCUT2D eigenvalue weighted by atomic mass is 32.1. The van der Waals surface area contributed by atoms with E-state index < -0.39 is 5.97 Å². The Balaban J connectivity index is 3.72. The molecule has 0 saturated carbocycles. The van der Waals surface area contributed by atoms with Gasteiger partial charge in [-0.05, 0) is 18.8 Å². The molecular formula is C8H13O2S. The van der Waals surface area contributed by atoms with Crippen molar-refractivity contribution in [3.63, 3.8) is 0 Å². The van der Waals surface area contributed by atoms with Crippen LogP contribution in [-0.2, 0) is 4.79 Å². The van der Waals surface area contributed by atoms with E-state index in [0.29, 0.717) is 6.42 Å². The molecule has 0 saturated heterocycles. The molecule has 11 heavy (non-hydrogen) atoms. The second kappa shape index (κ2) is 5.24. The van der Waals surface area contributed by atoms with Crippen LogP contribution in [-0.4, -0.2) is 16.4 Å². The van der Waals surface area contributed by atoms with Crippen molar-refractivity contribution < 1.29 is 9.90 Å². The van der Waals surface area contributed by atoms with E-state index in [1.807, 2.05) is 6.92 Å². The third kappa shape index (κ3) is 4.09. The fourth-order valence-electron chi connectivity index (χ4n) is 0.780. The van der Waals surface area contributed by atoms with Crippen molar-refractivity contribution in [1.29, 1.82) is 0 Å². The monoisotopic (exact) mass is 173 g/mol. The van der Waals surface area contributed by atoms with Gasteiger partial charge in [-0.3, -0.25) is 4.79 Å². The molecule has 2 atom stereocenters. The van der Waals surface area contributed by atoms with Gasteiger partial charge < -0.3 is 5.11 Å². The molecule has 0 heterocycles. The van der Waals surface area contributed by atoms with Gasteiger partial charge in [-0.25, -0.2) is 0 Å². The second-order valence-corrected chi connectivity index (χ2v) is 3.08. The zero-order valence-electron chi connectivity index (χ0n) is 6.83. The molecule has 0 fully saturated rings. The first-order valence-electron chi connectivity index (χ1n) is 3.67.